The lowest BCUT2D eigenvalue weighted by Crippen LogP contribution is -2.36. The van der Waals surface area contributed by atoms with E-state index < -0.39 is 0 Å². The maximum absolute atomic E-state index is 12.3. The Balaban J connectivity index is 0.00000162. The first-order valence-corrected chi connectivity index (χ1v) is 6.15. The molecule has 0 aliphatic heterocycles. The van der Waals surface area contributed by atoms with Crippen molar-refractivity contribution < 1.29 is 4.79 Å². The van der Waals surface area contributed by atoms with Gasteiger partial charge in [0, 0.05) is 19.2 Å². The molecule has 1 fully saturated rings. The van der Waals surface area contributed by atoms with E-state index in [0.29, 0.717) is 19.0 Å². The third-order valence-corrected chi connectivity index (χ3v) is 3.62. The number of halogens is 2. The van der Waals surface area contributed by atoms with Crippen molar-refractivity contribution in [3.63, 3.8) is 0 Å². The summed E-state index contributed by atoms with van der Waals surface area (Å²) in [4.78, 5) is 14.0. The predicted molar refractivity (Wildman–Crippen MR) is 79.4 cm³/mol. The van der Waals surface area contributed by atoms with Crippen molar-refractivity contribution in [3.8, 4) is 0 Å². The molecule has 5 nitrogen and oxygen atoms in total. The number of aromatic nitrogens is 2. The maximum atomic E-state index is 12.3. The lowest BCUT2D eigenvalue weighted by molar-refractivity contribution is -0.135. The molecule has 1 aliphatic rings. The van der Waals surface area contributed by atoms with Gasteiger partial charge in [-0.3, -0.25) is 9.89 Å². The van der Waals surface area contributed by atoms with E-state index in [1.54, 1.807) is 11.1 Å². The van der Waals surface area contributed by atoms with Crippen LogP contribution in [-0.2, 0) is 11.3 Å². The summed E-state index contributed by atoms with van der Waals surface area (Å²) in [5, 5.41) is 6.75. The van der Waals surface area contributed by atoms with Gasteiger partial charge in [-0.1, -0.05) is 6.42 Å². The van der Waals surface area contributed by atoms with Crippen molar-refractivity contribution in [2.75, 3.05) is 13.6 Å². The summed E-state index contributed by atoms with van der Waals surface area (Å²) < 4.78 is 0. The molecule has 1 aromatic rings. The molecule has 0 bridgehead atoms. The fraction of sp³-hybridized carbons (Fsp3) is 0.667. The van der Waals surface area contributed by atoms with Crippen LogP contribution in [0.2, 0.25) is 0 Å². The summed E-state index contributed by atoms with van der Waals surface area (Å²) in [6.07, 6.45) is 4.89. The molecule has 110 valence electrons. The molecule has 1 amide bonds. The molecule has 3 N–H and O–H groups in total. The lowest BCUT2D eigenvalue weighted by atomic mass is 9.95. The lowest BCUT2D eigenvalue weighted by Gasteiger charge is -2.24. The van der Waals surface area contributed by atoms with Gasteiger partial charge in [0.2, 0.25) is 5.91 Å². The minimum Gasteiger partial charge on any atom is -0.340 e. The number of carbonyl (C=O) groups excluding carboxylic acids is 1. The molecule has 0 aromatic carbocycles. The summed E-state index contributed by atoms with van der Waals surface area (Å²) in [6, 6.07) is 1.89. The Labute approximate surface area is 126 Å². The zero-order valence-corrected chi connectivity index (χ0v) is 12.7. The number of nitrogens with two attached hydrogens (primary N) is 1. The molecule has 1 heterocycles. The first-order valence-electron chi connectivity index (χ1n) is 6.15. The van der Waals surface area contributed by atoms with Crippen LogP contribution >= 0.6 is 24.8 Å². The quantitative estimate of drug-likeness (QED) is 0.887. The molecule has 0 saturated heterocycles. The Hall–Kier alpha value is -0.780. The highest BCUT2D eigenvalue weighted by Gasteiger charge is 2.33. The van der Waals surface area contributed by atoms with E-state index in [1.807, 2.05) is 13.1 Å². The molecule has 0 radical (unpaired) electrons. The SMILES string of the molecule is CN(Cc1ccn[nH]1)C(=O)[C@@H]1CCC[C@@H]1CN.Cl.Cl. The normalized spacial score (nSPS) is 21.4. The van der Waals surface area contributed by atoms with Crippen molar-refractivity contribution in [2.45, 2.75) is 25.8 Å². The Morgan fingerprint density at radius 2 is 2.26 bits per heavy atom. The number of nitrogens with zero attached hydrogens (tertiary/aromatic N) is 2. The molecule has 7 heteroatoms. The Morgan fingerprint density at radius 3 is 2.84 bits per heavy atom. The largest absolute Gasteiger partial charge is 0.340 e. The van der Waals surface area contributed by atoms with Crippen LogP contribution < -0.4 is 5.73 Å². The Morgan fingerprint density at radius 1 is 1.53 bits per heavy atom. The third-order valence-electron chi connectivity index (χ3n) is 3.62. The molecule has 2 atom stereocenters. The highest BCUT2D eigenvalue weighted by atomic mass is 35.5. The number of H-pyrrole nitrogens is 1. The smallest absolute Gasteiger partial charge is 0.226 e. The number of hydrogen-bond acceptors (Lipinski definition) is 3. The Kier molecular flexibility index (Phi) is 8.06. The second-order valence-corrected chi connectivity index (χ2v) is 4.81. The van der Waals surface area contributed by atoms with E-state index in [-0.39, 0.29) is 36.6 Å². The summed E-state index contributed by atoms with van der Waals surface area (Å²) in [5.74, 6) is 0.701. The highest BCUT2D eigenvalue weighted by Crippen LogP contribution is 2.32. The number of aromatic amines is 1. The van der Waals surface area contributed by atoms with Gasteiger partial charge >= 0.3 is 0 Å². The van der Waals surface area contributed by atoms with Crippen LogP contribution in [0.1, 0.15) is 25.0 Å². The monoisotopic (exact) mass is 308 g/mol. The third kappa shape index (κ3) is 4.37. The van der Waals surface area contributed by atoms with Crippen LogP contribution in [0.4, 0.5) is 0 Å². The second-order valence-electron chi connectivity index (χ2n) is 4.81. The number of amides is 1. The van der Waals surface area contributed by atoms with Crippen LogP contribution in [0.3, 0.4) is 0 Å². The standard InChI is InChI=1S/C12H20N4O.2ClH/c1-16(8-10-5-6-14-15-10)12(17)11-4-2-3-9(11)7-13;;/h5-6,9,11H,2-4,7-8,13H2,1H3,(H,14,15);2*1H/t9-,11-;;/m1../s1. The summed E-state index contributed by atoms with van der Waals surface area (Å²) in [7, 11) is 1.84. The minimum atomic E-state index is 0. The van der Waals surface area contributed by atoms with Gasteiger partial charge < -0.3 is 10.6 Å². The number of carbonyl (C=O) groups is 1. The van der Waals surface area contributed by atoms with Crippen molar-refractivity contribution in [1.82, 2.24) is 15.1 Å². The van der Waals surface area contributed by atoms with Crippen LogP contribution in [0.15, 0.2) is 12.3 Å². The zero-order chi connectivity index (χ0) is 12.3. The molecule has 19 heavy (non-hydrogen) atoms. The fourth-order valence-corrected chi connectivity index (χ4v) is 2.63. The molecule has 1 aromatic heterocycles. The van der Waals surface area contributed by atoms with Crippen molar-refractivity contribution in [2.24, 2.45) is 17.6 Å². The van der Waals surface area contributed by atoms with E-state index in [1.165, 1.54) is 0 Å². The molecule has 0 unspecified atom stereocenters. The van der Waals surface area contributed by atoms with Gasteiger partial charge in [0.15, 0.2) is 0 Å². The van der Waals surface area contributed by atoms with E-state index in [2.05, 4.69) is 10.2 Å². The van der Waals surface area contributed by atoms with Crippen LogP contribution in [0.5, 0.6) is 0 Å². The molecular formula is C12H22Cl2N4O. The van der Waals surface area contributed by atoms with Crippen molar-refractivity contribution >= 4 is 30.7 Å². The van der Waals surface area contributed by atoms with Crippen LogP contribution in [-0.4, -0.2) is 34.6 Å². The molecule has 0 spiro atoms. The second kappa shape index (κ2) is 8.40. The van der Waals surface area contributed by atoms with E-state index in [4.69, 9.17) is 5.73 Å². The summed E-state index contributed by atoms with van der Waals surface area (Å²) >= 11 is 0. The minimum absolute atomic E-state index is 0. The molecule has 2 rings (SSSR count). The summed E-state index contributed by atoms with van der Waals surface area (Å²) in [5.41, 5.74) is 6.67. The van der Waals surface area contributed by atoms with Crippen molar-refractivity contribution in [3.05, 3.63) is 18.0 Å². The van der Waals surface area contributed by atoms with Gasteiger partial charge in [0.25, 0.3) is 0 Å². The van der Waals surface area contributed by atoms with Gasteiger partial charge in [-0.25, -0.2) is 0 Å². The van der Waals surface area contributed by atoms with E-state index in [9.17, 15) is 4.79 Å². The fourth-order valence-electron chi connectivity index (χ4n) is 2.63. The highest BCUT2D eigenvalue weighted by molar-refractivity contribution is 5.85. The average molecular weight is 309 g/mol. The van der Waals surface area contributed by atoms with E-state index >= 15 is 0 Å². The van der Waals surface area contributed by atoms with Crippen molar-refractivity contribution in [1.29, 1.82) is 0 Å². The van der Waals surface area contributed by atoms with Crippen LogP contribution in [0, 0.1) is 11.8 Å². The summed E-state index contributed by atoms with van der Waals surface area (Å²) in [6.45, 7) is 1.21. The van der Waals surface area contributed by atoms with Gasteiger partial charge in [0.1, 0.15) is 0 Å². The first kappa shape index (κ1) is 18.2. The van der Waals surface area contributed by atoms with Crippen LogP contribution in [0.25, 0.3) is 0 Å². The van der Waals surface area contributed by atoms with Gasteiger partial charge in [0.05, 0.1) is 12.2 Å². The molecule has 1 aliphatic carbocycles. The first-order chi connectivity index (χ1) is 8.22. The zero-order valence-electron chi connectivity index (χ0n) is 11.0. The van der Waals surface area contributed by atoms with E-state index in [0.717, 1.165) is 25.0 Å². The number of nitrogens with one attached hydrogen (secondary N) is 1. The molecular weight excluding hydrogens is 287 g/mol. The topological polar surface area (TPSA) is 75.0 Å². The van der Waals surface area contributed by atoms with Gasteiger partial charge in [-0.2, -0.15) is 5.10 Å². The van der Waals surface area contributed by atoms with Gasteiger partial charge in [-0.15, -0.1) is 24.8 Å². The molecule has 1 saturated carbocycles. The Bertz CT molecular complexity index is 372. The average Bonchev–Trinajstić information content (AvgIpc) is 2.97. The number of hydrogen-bond donors (Lipinski definition) is 2. The predicted octanol–water partition coefficient (Wildman–Crippen LogP) is 1.59. The van der Waals surface area contributed by atoms with Gasteiger partial charge in [-0.05, 0) is 31.4 Å². The maximum Gasteiger partial charge on any atom is 0.226 e. The number of rotatable bonds is 4.